The molecule has 0 saturated heterocycles. The van der Waals surface area contributed by atoms with Crippen LogP contribution < -0.4 is 0 Å². The zero-order valence-electron chi connectivity index (χ0n) is 13.5. The SMILES string of the molecule is C=C=C(C)C(O)(C#Cc1ccccc1)CCCc1ccccc1. The molecule has 23 heavy (non-hydrogen) atoms. The molecule has 2 aromatic rings. The van der Waals surface area contributed by atoms with Gasteiger partial charge in [0.2, 0.25) is 0 Å². The van der Waals surface area contributed by atoms with Gasteiger partial charge < -0.3 is 5.11 Å². The Morgan fingerprint density at radius 3 is 2.26 bits per heavy atom. The van der Waals surface area contributed by atoms with Crippen LogP contribution in [0.2, 0.25) is 0 Å². The second-order valence-corrected chi connectivity index (χ2v) is 5.62. The predicted octanol–water partition coefficient (Wildman–Crippen LogP) is 4.52. The number of hydrogen-bond donors (Lipinski definition) is 1. The van der Waals surface area contributed by atoms with Gasteiger partial charge in [-0.15, -0.1) is 5.73 Å². The molecule has 1 nitrogen and oxygen atoms in total. The average Bonchev–Trinajstić information content (AvgIpc) is 2.61. The number of rotatable bonds is 5. The van der Waals surface area contributed by atoms with Crippen LogP contribution in [0.15, 0.2) is 78.5 Å². The lowest BCUT2D eigenvalue weighted by Crippen LogP contribution is -2.28. The van der Waals surface area contributed by atoms with Crippen molar-refractivity contribution >= 4 is 0 Å². The molecule has 0 heterocycles. The van der Waals surface area contributed by atoms with Crippen molar-refractivity contribution in [1.82, 2.24) is 0 Å². The summed E-state index contributed by atoms with van der Waals surface area (Å²) in [5, 5.41) is 10.9. The maximum Gasteiger partial charge on any atom is 0.154 e. The van der Waals surface area contributed by atoms with E-state index in [-0.39, 0.29) is 0 Å². The van der Waals surface area contributed by atoms with Crippen molar-refractivity contribution in [3.05, 3.63) is 89.7 Å². The second kappa shape index (κ2) is 8.20. The molecule has 0 saturated carbocycles. The molecule has 1 unspecified atom stereocenters. The third kappa shape index (κ3) is 5.01. The Balaban J connectivity index is 2.10. The van der Waals surface area contributed by atoms with Gasteiger partial charge in [0.25, 0.3) is 0 Å². The summed E-state index contributed by atoms with van der Waals surface area (Å²) >= 11 is 0. The zero-order chi connectivity index (χ0) is 16.5. The second-order valence-electron chi connectivity index (χ2n) is 5.62. The lowest BCUT2D eigenvalue weighted by Gasteiger charge is -2.22. The maximum absolute atomic E-state index is 10.9. The molecule has 0 aromatic heterocycles. The Morgan fingerprint density at radius 2 is 1.65 bits per heavy atom. The Kier molecular flexibility index (Phi) is 6.01. The van der Waals surface area contributed by atoms with Crippen molar-refractivity contribution in [1.29, 1.82) is 0 Å². The van der Waals surface area contributed by atoms with Crippen LogP contribution in [0, 0.1) is 11.8 Å². The van der Waals surface area contributed by atoms with E-state index < -0.39 is 5.60 Å². The minimum absolute atomic E-state index is 0.566. The van der Waals surface area contributed by atoms with Gasteiger partial charge in [-0.05, 0) is 43.9 Å². The van der Waals surface area contributed by atoms with Crippen molar-refractivity contribution in [3.8, 4) is 11.8 Å². The molecular formula is C22H22O. The quantitative estimate of drug-likeness (QED) is 0.636. The number of aryl methyl sites for hydroxylation is 1. The Morgan fingerprint density at radius 1 is 1.04 bits per heavy atom. The summed E-state index contributed by atoms with van der Waals surface area (Å²) in [5.41, 5.74) is 4.47. The summed E-state index contributed by atoms with van der Waals surface area (Å²) < 4.78 is 0. The Labute approximate surface area is 139 Å². The van der Waals surface area contributed by atoms with Gasteiger partial charge in [0.15, 0.2) is 5.60 Å². The third-order valence-corrected chi connectivity index (χ3v) is 3.92. The molecule has 0 bridgehead atoms. The van der Waals surface area contributed by atoms with Crippen LogP contribution in [-0.4, -0.2) is 10.7 Å². The van der Waals surface area contributed by atoms with Crippen LogP contribution in [0.25, 0.3) is 0 Å². The number of hydrogen-bond acceptors (Lipinski definition) is 1. The van der Waals surface area contributed by atoms with Crippen molar-refractivity contribution in [3.63, 3.8) is 0 Å². The largest absolute Gasteiger partial charge is 0.373 e. The molecule has 2 aromatic carbocycles. The first-order valence-corrected chi connectivity index (χ1v) is 7.86. The highest BCUT2D eigenvalue weighted by Crippen LogP contribution is 2.22. The molecule has 1 N–H and O–H groups in total. The molecule has 1 heteroatoms. The lowest BCUT2D eigenvalue weighted by atomic mass is 9.89. The monoisotopic (exact) mass is 302 g/mol. The smallest absolute Gasteiger partial charge is 0.154 e. The maximum atomic E-state index is 10.9. The van der Waals surface area contributed by atoms with Crippen LogP contribution in [0.1, 0.15) is 30.9 Å². The minimum Gasteiger partial charge on any atom is -0.373 e. The molecular weight excluding hydrogens is 280 g/mol. The van der Waals surface area contributed by atoms with Gasteiger partial charge in [-0.1, -0.05) is 67.0 Å². The van der Waals surface area contributed by atoms with Gasteiger partial charge in [0.1, 0.15) is 0 Å². The molecule has 0 spiro atoms. The van der Waals surface area contributed by atoms with Crippen molar-refractivity contribution in [2.75, 3.05) is 0 Å². The third-order valence-electron chi connectivity index (χ3n) is 3.92. The Hall–Kier alpha value is -2.52. The fraction of sp³-hybridized carbons (Fsp3) is 0.227. The molecule has 2 rings (SSSR count). The van der Waals surface area contributed by atoms with Gasteiger partial charge in [-0.25, -0.2) is 0 Å². The summed E-state index contributed by atoms with van der Waals surface area (Å²) in [5.74, 6) is 6.08. The predicted molar refractivity (Wildman–Crippen MR) is 96.0 cm³/mol. The standard InChI is InChI=1S/C22H22O/c1-3-19(2)22(23,18-16-21-13-8-5-9-14-21)17-10-15-20-11-6-4-7-12-20/h4-9,11-14,23H,1,10,15,17H2,2H3. The number of aliphatic hydroxyl groups is 1. The molecule has 0 aliphatic rings. The average molecular weight is 302 g/mol. The first-order valence-electron chi connectivity index (χ1n) is 7.86. The topological polar surface area (TPSA) is 20.2 Å². The zero-order valence-corrected chi connectivity index (χ0v) is 13.5. The highest BCUT2D eigenvalue weighted by Gasteiger charge is 2.26. The fourth-order valence-corrected chi connectivity index (χ4v) is 2.38. The molecule has 116 valence electrons. The van der Waals surface area contributed by atoms with E-state index in [1.54, 1.807) is 0 Å². The summed E-state index contributed by atoms with van der Waals surface area (Å²) in [6, 6.07) is 20.0. The molecule has 0 radical (unpaired) electrons. The van der Waals surface area contributed by atoms with Crippen LogP contribution in [0.5, 0.6) is 0 Å². The van der Waals surface area contributed by atoms with Crippen molar-refractivity contribution in [2.45, 2.75) is 31.8 Å². The van der Waals surface area contributed by atoms with Crippen LogP contribution in [0.3, 0.4) is 0 Å². The van der Waals surface area contributed by atoms with Crippen molar-refractivity contribution in [2.24, 2.45) is 0 Å². The Bertz CT molecular complexity index is 728. The highest BCUT2D eigenvalue weighted by molar-refractivity contribution is 5.39. The van der Waals surface area contributed by atoms with E-state index in [9.17, 15) is 5.11 Å². The van der Waals surface area contributed by atoms with Gasteiger partial charge in [-0.2, -0.15) is 0 Å². The van der Waals surface area contributed by atoms with Crippen LogP contribution in [0.4, 0.5) is 0 Å². The summed E-state index contributed by atoms with van der Waals surface area (Å²) in [4.78, 5) is 0. The van der Waals surface area contributed by atoms with Crippen molar-refractivity contribution < 1.29 is 5.11 Å². The normalized spacial score (nSPS) is 12.4. The van der Waals surface area contributed by atoms with E-state index in [0.29, 0.717) is 12.0 Å². The van der Waals surface area contributed by atoms with E-state index in [0.717, 1.165) is 18.4 Å². The summed E-state index contributed by atoms with van der Waals surface area (Å²) in [7, 11) is 0. The van der Waals surface area contributed by atoms with E-state index in [1.165, 1.54) is 5.56 Å². The van der Waals surface area contributed by atoms with E-state index >= 15 is 0 Å². The lowest BCUT2D eigenvalue weighted by molar-refractivity contribution is 0.127. The first kappa shape index (κ1) is 16.8. The first-order chi connectivity index (χ1) is 11.1. The van der Waals surface area contributed by atoms with Gasteiger partial charge in [-0.3, -0.25) is 0 Å². The molecule has 0 amide bonds. The van der Waals surface area contributed by atoms with E-state index in [1.807, 2.05) is 55.5 Å². The molecule has 0 aliphatic heterocycles. The number of benzene rings is 2. The van der Waals surface area contributed by atoms with E-state index in [2.05, 4.69) is 36.3 Å². The van der Waals surface area contributed by atoms with Gasteiger partial charge in [0.05, 0.1) is 0 Å². The van der Waals surface area contributed by atoms with E-state index in [4.69, 9.17) is 0 Å². The van der Waals surface area contributed by atoms with Gasteiger partial charge >= 0.3 is 0 Å². The molecule has 0 fully saturated rings. The highest BCUT2D eigenvalue weighted by atomic mass is 16.3. The summed E-state index contributed by atoms with van der Waals surface area (Å²) in [6.07, 6.45) is 2.33. The van der Waals surface area contributed by atoms with Gasteiger partial charge in [0, 0.05) is 11.1 Å². The van der Waals surface area contributed by atoms with Crippen LogP contribution in [-0.2, 0) is 6.42 Å². The minimum atomic E-state index is -1.17. The summed E-state index contributed by atoms with van der Waals surface area (Å²) in [6.45, 7) is 5.49. The molecule has 0 aliphatic carbocycles. The fourth-order valence-electron chi connectivity index (χ4n) is 2.38. The molecule has 1 atom stereocenters. The van der Waals surface area contributed by atoms with Crippen LogP contribution >= 0.6 is 0 Å².